The molecule has 2 N–H and O–H groups in total. The third-order valence-electron chi connectivity index (χ3n) is 5.78. The SMILES string of the molecule is COc1cccc(C(=O)Nc2ccc(NC(=O)[C@@H]3[C@@H](C(=O)[O-])[C@H]4C=C[C@H]3C4)cc2)c1. The van der Waals surface area contributed by atoms with Crippen molar-refractivity contribution in [3.8, 4) is 5.75 Å². The average molecular weight is 405 g/mol. The maximum absolute atomic E-state index is 12.7. The van der Waals surface area contributed by atoms with Crippen molar-refractivity contribution < 1.29 is 24.2 Å². The maximum atomic E-state index is 12.7. The number of carbonyl (C=O) groups excluding carboxylic acids is 3. The van der Waals surface area contributed by atoms with E-state index >= 15 is 0 Å². The quantitative estimate of drug-likeness (QED) is 0.716. The van der Waals surface area contributed by atoms with E-state index in [2.05, 4.69) is 10.6 Å². The van der Waals surface area contributed by atoms with Crippen LogP contribution < -0.4 is 20.5 Å². The second-order valence-corrected chi connectivity index (χ2v) is 7.57. The number of methoxy groups -OCH3 is 1. The Labute approximate surface area is 173 Å². The van der Waals surface area contributed by atoms with Gasteiger partial charge in [-0.1, -0.05) is 18.2 Å². The van der Waals surface area contributed by atoms with Crippen LogP contribution in [0.1, 0.15) is 16.8 Å². The lowest BCUT2D eigenvalue weighted by atomic mass is 9.82. The van der Waals surface area contributed by atoms with Crippen LogP contribution in [0.25, 0.3) is 0 Å². The standard InChI is InChI=1S/C23H22N2O5/c1-30-18-4-2-3-15(12-18)21(26)24-16-7-9-17(10-8-16)25-22(27)19-13-5-6-14(11-13)20(19)23(28)29/h2-10,12-14,19-20H,11H2,1H3,(H,24,26)(H,25,27)(H,28,29)/p-1/t13-,14-,19-,20-/m0/s1. The molecule has 30 heavy (non-hydrogen) atoms. The zero-order chi connectivity index (χ0) is 21.3. The molecule has 2 amide bonds. The third kappa shape index (κ3) is 3.78. The summed E-state index contributed by atoms with van der Waals surface area (Å²) in [6, 6.07) is 13.5. The molecule has 4 atom stereocenters. The van der Waals surface area contributed by atoms with Gasteiger partial charge >= 0.3 is 0 Å². The van der Waals surface area contributed by atoms with E-state index in [0.29, 0.717) is 29.1 Å². The first-order valence-corrected chi connectivity index (χ1v) is 9.72. The molecule has 2 aliphatic carbocycles. The van der Waals surface area contributed by atoms with Crippen molar-refractivity contribution in [2.45, 2.75) is 6.42 Å². The number of rotatable bonds is 6. The number of hydrogen-bond acceptors (Lipinski definition) is 5. The summed E-state index contributed by atoms with van der Waals surface area (Å²) in [5, 5.41) is 17.1. The number of carbonyl (C=O) groups is 3. The van der Waals surface area contributed by atoms with Crippen LogP contribution in [0.5, 0.6) is 5.75 Å². The molecule has 1 saturated carbocycles. The van der Waals surface area contributed by atoms with Crippen LogP contribution in [0, 0.1) is 23.7 Å². The largest absolute Gasteiger partial charge is 0.550 e. The van der Waals surface area contributed by atoms with Crippen molar-refractivity contribution in [3.05, 3.63) is 66.2 Å². The Kier molecular flexibility index (Phi) is 5.27. The number of carboxylic acids is 1. The first-order chi connectivity index (χ1) is 14.5. The fourth-order valence-electron chi connectivity index (χ4n) is 4.33. The number of nitrogens with one attached hydrogen (secondary N) is 2. The van der Waals surface area contributed by atoms with Gasteiger partial charge in [-0.05, 0) is 60.7 Å². The Morgan fingerprint density at radius 1 is 0.933 bits per heavy atom. The molecule has 7 heteroatoms. The van der Waals surface area contributed by atoms with Crippen LogP contribution in [0.2, 0.25) is 0 Å². The van der Waals surface area contributed by atoms with Crippen molar-refractivity contribution in [3.63, 3.8) is 0 Å². The third-order valence-corrected chi connectivity index (χ3v) is 5.78. The van der Waals surface area contributed by atoms with Crippen molar-refractivity contribution in [1.82, 2.24) is 0 Å². The number of hydrogen-bond donors (Lipinski definition) is 2. The Morgan fingerprint density at radius 2 is 1.57 bits per heavy atom. The summed E-state index contributed by atoms with van der Waals surface area (Å²) in [6.45, 7) is 0. The normalized spacial score (nSPS) is 23.8. The fourth-order valence-corrected chi connectivity index (χ4v) is 4.33. The zero-order valence-corrected chi connectivity index (χ0v) is 16.3. The molecule has 0 aliphatic heterocycles. The van der Waals surface area contributed by atoms with E-state index in [1.807, 2.05) is 12.2 Å². The second-order valence-electron chi connectivity index (χ2n) is 7.57. The number of allylic oxidation sites excluding steroid dienone is 2. The Balaban J connectivity index is 1.40. The van der Waals surface area contributed by atoms with E-state index in [-0.39, 0.29) is 23.7 Å². The molecule has 2 bridgehead atoms. The Hall–Kier alpha value is -3.61. The Morgan fingerprint density at radius 3 is 2.20 bits per heavy atom. The lowest BCUT2D eigenvalue weighted by molar-refractivity contribution is -0.313. The summed E-state index contributed by atoms with van der Waals surface area (Å²) in [4.78, 5) is 36.6. The molecule has 4 rings (SSSR count). The minimum atomic E-state index is -1.18. The molecule has 7 nitrogen and oxygen atoms in total. The number of carboxylic acid groups (broad SMARTS) is 1. The van der Waals surface area contributed by atoms with E-state index in [4.69, 9.17) is 4.74 Å². The van der Waals surface area contributed by atoms with E-state index in [1.54, 1.807) is 48.5 Å². The molecule has 1 fully saturated rings. The number of benzene rings is 2. The number of fused-ring (bicyclic) bond motifs is 2. The predicted octanol–water partition coefficient (Wildman–Crippen LogP) is 2.07. The molecular formula is C23H21N2O5-. The molecule has 0 aromatic heterocycles. The molecule has 0 saturated heterocycles. The topological polar surface area (TPSA) is 108 Å². The van der Waals surface area contributed by atoms with Crippen LogP contribution in [0.4, 0.5) is 11.4 Å². The van der Waals surface area contributed by atoms with Gasteiger partial charge in [0.05, 0.1) is 13.0 Å². The molecule has 2 aliphatic rings. The van der Waals surface area contributed by atoms with E-state index in [1.165, 1.54) is 7.11 Å². The molecule has 0 heterocycles. The van der Waals surface area contributed by atoms with Gasteiger partial charge in [0.2, 0.25) is 5.91 Å². The average Bonchev–Trinajstić information content (AvgIpc) is 3.37. The summed E-state index contributed by atoms with van der Waals surface area (Å²) in [7, 11) is 1.53. The van der Waals surface area contributed by atoms with Gasteiger partial charge in [-0.15, -0.1) is 0 Å². The highest BCUT2D eigenvalue weighted by atomic mass is 16.5. The summed E-state index contributed by atoms with van der Waals surface area (Å²) >= 11 is 0. The summed E-state index contributed by atoms with van der Waals surface area (Å²) < 4.78 is 5.13. The molecule has 0 unspecified atom stereocenters. The summed E-state index contributed by atoms with van der Waals surface area (Å²) in [5.41, 5.74) is 1.56. The number of aliphatic carboxylic acids is 1. The fraction of sp³-hybridized carbons (Fsp3) is 0.261. The van der Waals surface area contributed by atoms with E-state index < -0.39 is 17.8 Å². The molecule has 0 spiro atoms. The molecule has 2 aromatic rings. The highest BCUT2D eigenvalue weighted by Gasteiger charge is 2.48. The first-order valence-electron chi connectivity index (χ1n) is 9.72. The predicted molar refractivity (Wildman–Crippen MR) is 109 cm³/mol. The van der Waals surface area contributed by atoms with Gasteiger partial charge in [0.15, 0.2) is 0 Å². The lowest BCUT2D eigenvalue weighted by Gasteiger charge is -2.27. The highest BCUT2D eigenvalue weighted by Crippen LogP contribution is 2.48. The van der Waals surface area contributed by atoms with Crippen LogP contribution >= 0.6 is 0 Å². The van der Waals surface area contributed by atoms with Crippen molar-refractivity contribution >= 4 is 29.2 Å². The van der Waals surface area contributed by atoms with E-state index in [9.17, 15) is 19.5 Å². The smallest absolute Gasteiger partial charge is 0.255 e. The summed E-state index contributed by atoms with van der Waals surface area (Å²) in [5.74, 6) is -2.82. The summed E-state index contributed by atoms with van der Waals surface area (Å²) in [6.07, 6.45) is 4.46. The van der Waals surface area contributed by atoms with E-state index in [0.717, 1.165) is 0 Å². The van der Waals surface area contributed by atoms with Crippen LogP contribution in [-0.2, 0) is 9.59 Å². The van der Waals surface area contributed by atoms with Gasteiger partial charge in [0, 0.05) is 28.8 Å². The minimum absolute atomic E-state index is 0.0701. The lowest BCUT2D eigenvalue weighted by Crippen LogP contribution is -2.42. The molecule has 2 aromatic carbocycles. The van der Waals surface area contributed by atoms with Gasteiger partial charge in [0.25, 0.3) is 5.91 Å². The van der Waals surface area contributed by atoms with Gasteiger partial charge in [-0.25, -0.2) is 0 Å². The van der Waals surface area contributed by atoms with Gasteiger partial charge in [-0.3, -0.25) is 9.59 Å². The highest BCUT2D eigenvalue weighted by molar-refractivity contribution is 6.04. The Bertz CT molecular complexity index is 1010. The van der Waals surface area contributed by atoms with Gasteiger partial charge in [-0.2, -0.15) is 0 Å². The second kappa shape index (κ2) is 8.02. The van der Waals surface area contributed by atoms with Crippen LogP contribution in [-0.4, -0.2) is 24.9 Å². The van der Waals surface area contributed by atoms with Crippen molar-refractivity contribution in [2.75, 3.05) is 17.7 Å². The van der Waals surface area contributed by atoms with Crippen LogP contribution in [0.3, 0.4) is 0 Å². The first kappa shape index (κ1) is 19.7. The molecular weight excluding hydrogens is 384 g/mol. The number of amides is 2. The molecule has 0 radical (unpaired) electrons. The number of anilines is 2. The van der Waals surface area contributed by atoms with Gasteiger partial charge < -0.3 is 25.3 Å². The van der Waals surface area contributed by atoms with Gasteiger partial charge in [0.1, 0.15) is 5.75 Å². The van der Waals surface area contributed by atoms with Crippen molar-refractivity contribution in [1.29, 1.82) is 0 Å². The zero-order valence-electron chi connectivity index (χ0n) is 16.3. The minimum Gasteiger partial charge on any atom is -0.550 e. The molecule has 154 valence electrons. The van der Waals surface area contributed by atoms with Crippen LogP contribution in [0.15, 0.2) is 60.7 Å². The van der Waals surface area contributed by atoms with Crippen molar-refractivity contribution in [2.24, 2.45) is 23.7 Å². The monoisotopic (exact) mass is 405 g/mol. The maximum Gasteiger partial charge on any atom is 0.255 e. The number of ether oxygens (including phenoxy) is 1.